The van der Waals surface area contributed by atoms with Crippen LogP contribution in [0.2, 0.25) is 0 Å². The molecule has 1 amide bonds. The number of nitrogens with one attached hydrogen (secondary N) is 1. The van der Waals surface area contributed by atoms with Gasteiger partial charge in [-0.1, -0.05) is 0 Å². The second-order valence-corrected chi connectivity index (χ2v) is 5.20. The third kappa shape index (κ3) is 4.74. The number of benzene rings is 1. The molecule has 0 aliphatic carbocycles. The average Bonchev–Trinajstić information content (AvgIpc) is 3.02. The zero-order valence-corrected chi connectivity index (χ0v) is 13.4. The molecule has 1 heterocycles. The van der Waals surface area contributed by atoms with Crippen LogP contribution in [0.15, 0.2) is 29.6 Å². The lowest BCUT2D eigenvalue weighted by molar-refractivity contribution is -0.384. The molecular formula is C14H13N3O6S. The maximum atomic E-state index is 11.8. The van der Waals surface area contributed by atoms with Crippen molar-refractivity contribution < 1.29 is 24.0 Å². The number of hydrogen-bond donors (Lipinski definition) is 1. The Morgan fingerprint density at radius 1 is 1.33 bits per heavy atom. The van der Waals surface area contributed by atoms with E-state index in [1.54, 1.807) is 6.92 Å². The second-order valence-electron chi connectivity index (χ2n) is 4.35. The van der Waals surface area contributed by atoms with E-state index in [-0.39, 0.29) is 29.7 Å². The van der Waals surface area contributed by atoms with Crippen molar-refractivity contribution in [1.82, 2.24) is 4.98 Å². The van der Waals surface area contributed by atoms with Gasteiger partial charge in [-0.05, 0) is 19.1 Å². The Labute approximate surface area is 140 Å². The van der Waals surface area contributed by atoms with Crippen LogP contribution in [0.4, 0.5) is 10.8 Å². The molecule has 0 saturated carbocycles. The highest BCUT2D eigenvalue weighted by molar-refractivity contribution is 7.14. The molecule has 0 saturated heterocycles. The van der Waals surface area contributed by atoms with Crippen molar-refractivity contribution >= 4 is 34.0 Å². The summed E-state index contributed by atoms with van der Waals surface area (Å²) in [6.07, 6.45) is 0. The van der Waals surface area contributed by atoms with Gasteiger partial charge in [0.25, 0.3) is 11.6 Å². The Morgan fingerprint density at radius 2 is 2.04 bits per heavy atom. The Kier molecular flexibility index (Phi) is 5.79. The van der Waals surface area contributed by atoms with E-state index in [1.165, 1.54) is 29.6 Å². The summed E-state index contributed by atoms with van der Waals surface area (Å²) < 4.78 is 10.0. The highest BCUT2D eigenvalue weighted by Crippen LogP contribution is 2.18. The number of ether oxygens (including phenoxy) is 2. The molecule has 0 aliphatic rings. The normalized spacial score (nSPS) is 10.0. The number of amides is 1. The molecule has 0 spiro atoms. The predicted octanol–water partition coefficient (Wildman–Crippen LogP) is 2.25. The summed E-state index contributed by atoms with van der Waals surface area (Å²) in [6, 6.07) is 5.35. The minimum absolute atomic E-state index is 0.0684. The molecule has 1 N–H and O–H groups in total. The number of anilines is 1. The van der Waals surface area contributed by atoms with E-state index in [1.807, 2.05) is 0 Å². The van der Waals surface area contributed by atoms with Crippen LogP contribution < -0.4 is 10.1 Å². The Morgan fingerprint density at radius 3 is 2.67 bits per heavy atom. The van der Waals surface area contributed by atoms with Crippen molar-refractivity contribution in [2.75, 3.05) is 18.5 Å². The molecule has 1 aromatic carbocycles. The maximum absolute atomic E-state index is 11.8. The Hall–Kier alpha value is -3.01. The van der Waals surface area contributed by atoms with E-state index in [0.29, 0.717) is 5.75 Å². The summed E-state index contributed by atoms with van der Waals surface area (Å²) >= 11 is 1.08. The molecule has 0 radical (unpaired) electrons. The van der Waals surface area contributed by atoms with Gasteiger partial charge in [-0.25, -0.2) is 9.78 Å². The van der Waals surface area contributed by atoms with Crippen LogP contribution in [-0.2, 0) is 9.53 Å². The number of esters is 1. The lowest BCUT2D eigenvalue weighted by atomic mass is 10.3. The third-order valence-corrected chi connectivity index (χ3v) is 3.41. The number of carbonyl (C=O) groups is 2. The number of rotatable bonds is 7. The molecule has 0 unspecified atom stereocenters. The van der Waals surface area contributed by atoms with Crippen LogP contribution in [0.25, 0.3) is 0 Å². The van der Waals surface area contributed by atoms with Crippen LogP contribution in [0, 0.1) is 10.1 Å². The van der Waals surface area contributed by atoms with Crippen molar-refractivity contribution in [3.05, 3.63) is 45.5 Å². The van der Waals surface area contributed by atoms with Crippen LogP contribution in [-0.4, -0.2) is 35.0 Å². The van der Waals surface area contributed by atoms with Gasteiger partial charge < -0.3 is 9.47 Å². The number of nitro groups is 1. The lowest BCUT2D eigenvalue weighted by Crippen LogP contribution is -2.20. The molecule has 0 aliphatic heterocycles. The van der Waals surface area contributed by atoms with Crippen molar-refractivity contribution in [3.8, 4) is 5.75 Å². The minimum atomic E-state index is -0.559. The Bertz CT molecular complexity index is 743. The molecular weight excluding hydrogens is 338 g/mol. The highest BCUT2D eigenvalue weighted by Gasteiger charge is 2.13. The summed E-state index contributed by atoms with van der Waals surface area (Å²) in [5.41, 5.74) is 0.0505. The number of non-ortho nitro benzene ring substituents is 1. The van der Waals surface area contributed by atoms with Crippen molar-refractivity contribution in [2.24, 2.45) is 0 Å². The van der Waals surface area contributed by atoms with Gasteiger partial charge in [-0.2, -0.15) is 0 Å². The number of nitrogens with zero attached hydrogens (tertiary/aromatic N) is 2. The van der Waals surface area contributed by atoms with Gasteiger partial charge in [0.2, 0.25) is 0 Å². The monoisotopic (exact) mass is 351 g/mol. The molecule has 0 atom stereocenters. The lowest BCUT2D eigenvalue weighted by Gasteiger charge is -2.05. The molecule has 0 bridgehead atoms. The third-order valence-electron chi connectivity index (χ3n) is 2.65. The molecule has 24 heavy (non-hydrogen) atoms. The standard InChI is InChI=1S/C14H13N3O6S/c1-2-22-13(19)11-8-24-14(15-11)16-12(18)7-23-10-5-3-9(4-6-10)17(20)21/h3-6,8H,2,7H2,1H3,(H,15,16,18). The first-order valence-corrected chi connectivity index (χ1v) is 7.67. The van der Waals surface area contributed by atoms with Gasteiger partial charge in [-0.3, -0.25) is 20.2 Å². The summed E-state index contributed by atoms with van der Waals surface area (Å²) in [6.45, 7) is 1.62. The van der Waals surface area contributed by atoms with E-state index in [9.17, 15) is 19.7 Å². The van der Waals surface area contributed by atoms with E-state index in [2.05, 4.69) is 10.3 Å². The van der Waals surface area contributed by atoms with E-state index < -0.39 is 16.8 Å². The van der Waals surface area contributed by atoms with Gasteiger partial charge in [-0.15, -0.1) is 11.3 Å². The van der Waals surface area contributed by atoms with Crippen LogP contribution in [0.3, 0.4) is 0 Å². The van der Waals surface area contributed by atoms with Crippen LogP contribution in [0.5, 0.6) is 5.75 Å². The molecule has 2 rings (SSSR count). The predicted molar refractivity (Wildman–Crippen MR) is 85.3 cm³/mol. The number of thiazole rings is 1. The van der Waals surface area contributed by atoms with Gasteiger partial charge in [0.15, 0.2) is 17.4 Å². The molecule has 2 aromatic rings. The van der Waals surface area contributed by atoms with Crippen LogP contribution >= 0.6 is 11.3 Å². The smallest absolute Gasteiger partial charge is 0.357 e. The molecule has 0 fully saturated rings. The molecule has 126 valence electrons. The number of carbonyl (C=O) groups excluding carboxylic acids is 2. The summed E-state index contributed by atoms with van der Waals surface area (Å²) in [5.74, 6) is -0.711. The van der Waals surface area contributed by atoms with Crippen LogP contribution in [0.1, 0.15) is 17.4 Å². The fraction of sp³-hybridized carbons (Fsp3) is 0.214. The van der Waals surface area contributed by atoms with Crippen molar-refractivity contribution in [3.63, 3.8) is 0 Å². The van der Waals surface area contributed by atoms with Gasteiger partial charge >= 0.3 is 5.97 Å². The molecule has 10 heteroatoms. The zero-order valence-electron chi connectivity index (χ0n) is 12.6. The quantitative estimate of drug-likeness (QED) is 0.461. The number of nitro benzene ring substituents is 1. The minimum Gasteiger partial charge on any atom is -0.484 e. The summed E-state index contributed by atoms with van der Waals surface area (Å²) in [5, 5.41) is 14.7. The first-order chi connectivity index (χ1) is 11.5. The number of hydrogen-bond acceptors (Lipinski definition) is 8. The maximum Gasteiger partial charge on any atom is 0.357 e. The van der Waals surface area contributed by atoms with E-state index in [4.69, 9.17) is 9.47 Å². The van der Waals surface area contributed by atoms with E-state index in [0.717, 1.165) is 11.3 Å². The molecule has 1 aromatic heterocycles. The van der Waals surface area contributed by atoms with Gasteiger partial charge in [0.1, 0.15) is 5.75 Å². The second kappa shape index (κ2) is 8.02. The topological polar surface area (TPSA) is 121 Å². The fourth-order valence-electron chi connectivity index (χ4n) is 1.60. The SMILES string of the molecule is CCOC(=O)c1csc(NC(=O)COc2ccc([N+](=O)[O-])cc2)n1. The fourth-order valence-corrected chi connectivity index (χ4v) is 2.29. The first kappa shape index (κ1) is 17.3. The Balaban J connectivity index is 1.85. The highest BCUT2D eigenvalue weighted by atomic mass is 32.1. The van der Waals surface area contributed by atoms with Crippen molar-refractivity contribution in [2.45, 2.75) is 6.92 Å². The number of aromatic nitrogens is 1. The zero-order chi connectivity index (χ0) is 17.5. The first-order valence-electron chi connectivity index (χ1n) is 6.79. The van der Waals surface area contributed by atoms with Gasteiger partial charge in [0, 0.05) is 17.5 Å². The molecule has 9 nitrogen and oxygen atoms in total. The largest absolute Gasteiger partial charge is 0.484 e. The van der Waals surface area contributed by atoms with E-state index >= 15 is 0 Å². The average molecular weight is 351 g/mol. The summed E-state index contributed by atoms with van der Waals surface area (Å²) in [4.78, 5) is 37.2. The van der Waals surface area contributed by atoms with Crippen molar-refractivity contribution in [1.29, 1.82) is 0 Å². The summed E-state index contributed by atoms with van der Waals surface area (Å²) in [7, 11) is 0. The van der Waals surface area contributed by atoms with Gasteiger partial charge in [0.05, 0.1) is 11.5 Å².